The molecule has 0 aliphatic heterocycles. The van der Waals surface area contributed by atoms with Crippen molar-refractivity contribution < 1.29 is 0 Å². The van der Waals surface area contributed by atoms with Crippen LogP contribution in [0.2, 0.25) is 0 Å². The van der Waals surface area contributed by atoms with Crippen molar-refractivity contribution in [1.82, 2.24) is 15.2 Å². The maximum Gasteiger partial charge on any atom is 0.155 e. The zero-order valence-electron chi connectivity index (χ0n) is 8.13. The fourth-order valence-corrected chi connectivity index (χ4v) is 1.56. The third-order valence-corrected chi connectivity index (χ3v) is 2.20. The van der Waals surface area contributed by atoms with Gasteiger partial charge in [0.2, 0.25) is 0 Å². The van der Waals surface area contributed by atoms with Crippen molar-refractivity contribution in [1.29, 1.82) is 0 Å². The van der Waals surface area contributed by atoms with Crippen LogP contribution in [-0.2, 0) is 0 Å². The molecule has 0 spiro atoms. The molecule has 3 nitrogen and oxygen atoms in total. The molecule has 0 unspecified atom stereocenters. The first-order chi connectivity index (χ1) is 6.18. The molecule has 2 rings (SSSR count). The number of pyridine rings is 1. The van der Waals surface area contributed by atoms with Crippen molar-refractivity contribution in [3.63, 3.8) is 0 Å². The average Bonchev–Trinajstić information content (AvgIpc) is 2.49. The van der Waals surface area contributed by atoms with Gasteiger partial charge in [-0.2, -0.15) is 5.10 Å². The van der Waals surface area contributed by atoms with E-state index >= 15 is 0 Å². The Hall–Kier alpha value is -1.38. The second-order valence-corrected chi connectivity index (χ2v) is 3.64. The number of nitrogens with zero attached hydrogens (tertiary/aromatic N) is 2. The van der Waals surface area contributed by atoms with E-state index in [2.05, 4.69) is 35.1 Å². The summed E-state index contributed by atoms with van der Waals surface area (Å²) in [6.07, 6.45) is 1.84. The number of hydrogen-bond acceptors (Lipinski definition) is 2. The molecule has 0 bridgehead atoms. The average molecular weight is 175 g/mol. The number of aromatic amines is 1. The van der Waals surface area contributed by atoms with E-state index in [1.807, 2.05) is 13.1 Å². The van der Waals surface area contributed by atoms with Crippen molar-refractivity contribution in [2.45, 2.75) is 26.7 Å². The molecule has 0 atom stereocenters. The molecule has 68 valence electrons. The molecule has 0 aromatic carbocycles. The molecule has 0 radical (unpaired) electrons. The van der Waals surface area contributed by atoms with Crippen LogP contribution in [0.1, 0.15) is 31.0 Å². The summed E-state index contributed by atoms with van der Waals surface area (Å²) in [5.41, 5.74) is 3.25. The summed E-state index contributed by atoms with van der Waals surface area (Å²) in [6.45, 7) is 6.37. The molecule has 0 aliphatic carbocycles. The van der Waals surface area contributed by atoms with Gasteiger partial charge in [0.15, 0.2) is 5.65 Å². The maximum absolute atomic E-state index is 4.36. The van der Waals surface area contributed by atoms with Gasteiger partial charge in [0, 0.05) is 11.1 Å². The fraction of sp³-hybridized carbons (Fsp3) is 0.400. The SMILES string of the molecule is Cc1cc(C(C)C)c2cn[nH]c2n1. The van der Waals surface area contributed by atoms with Crippen molar-refractivity contribution in [3.8, 4) is 0 Å². The van der Waals surface area contributed by atoms with Crippen LogP contribution < -0.4 is 0 Å². The Kier molecular flexibility index (Phi) is 1.79. The van der Waals surface area contributed by atoms with E-state index in [0.29, 0.717) is 5.92 Å². The molecule has 1 N–H and O–H groups in total. The highest BCUT2D eigenvalue weighted by atomic mass is 15.1. The van der Waals surface area contributed by atoms with Gasteiger partial charge in [-0.05, 0) is 24.5 Å². The second-order valence-electron chi connectivity index (χ2n) is 3.64. The van der Waals surface area contributed by atoms with Crippen LogP contribution in [0.25, 0.3) is 11.0 Å². The van der Waals surface area contributed by atoms with Gasteiger partial charge in [-0.25, -0.2) is 4.98 Å². The van der Waals surface area contributed by atoms with Crippen LogP contribution in [0.4, 0.5) is 0 Å². The summed E-state index contributed by atoms with van der Waals surface area (Å²) in [5, 5.41) is 8.03. The Morgan fingerprint density at radius 2 is 2.15 bits per heavy atom. The Morgan fingerprint density at radius 3 is 2.85 bits per heavy atom. The Labute approximate surface area is 77.2 Å². The van der Waals surface area contributed by atoms with Gasteiger partial charge in [-0.15, -0.1) is 0 Å². The van der Waals surface area contributed by atoms with E-state index in [9.17, 15) is 0 Å². The number of hydrogen-bond donors (Lipinski definition) is 1. The summed E-state index contributed by atoms with van der Waals surface area (Å²) < 4.78 is 0. The molecule has 0 saturated carbocycles. The van der Waals surface area contributed by atoms with Crippen LogP contribution in [-0.4, -0.2) is 15.2 Å². The molecule has 2 heterocycles. The van der Waals surface area contributed by atoms with E-state index < -0.39 is 0 Å². The summed E-state index contributed by atoms with van der Waals surface area (Å²) in [5.74, 6) is 0.516. The monoisotopic (exact) mass is 175 g/mol. The van der Waals surface area contributed by atoms with E-state index in [-0.39, 0.29) is 0 Å². The Morgan fingerprint density at radius 1 is 1.38 bits per heavy atom. The smallest absolute Gasteiger partial charge is 0.155 e. The predicted octanol–water partition coefficient (Wildman–Crippen LogP) is 2.39. The van der Waals surface area contributed by atoms with E-state index in [1.165, 1.54) is 5.56 Å². The summed E-state index contributed by atoms with van der Waals surface area (Å²) in [7, 11) is 0. The first-order valence-electron chi connectivity index (χ1n) is 4.49. The molecular formula is C10H13N3. The van der Waals surface area contributed by atoms with Crippen molar-refractivity contribution in [2.75, 3.05) is 0 Å². The van der Waals surface area contributed by atoms with Crippen LogP contribution in [0.5, 0.6) is 0 Å². The van der Waals surface area contributed by atoms with E-state index in [1.54, 1.807) is 0 Å². The first kappa shape index (κ1) is 8.23. The third kappa shape index (κ3) is 1.30. The van der Waals surface area contributed by atoms with Crippen LogP contribution >= 0.6 is 0 Å². The minimum atomic E-state index is 0.516. The predicted molar refractivity (Wildman–Crippen MR) is 52.7 cm³/mol. The van der Waals surface area contributed by atoms with Gasteiger partial charge < -0.3 is 0 Å². The van der Waals surface area contributed by atoms with Gasteiger partial charge in [-0.3, -0.25) is 5.10 Å². The maximum atomic E-state index is 4.36. The van der Waals surface area contributed by atoms with Gasteiger partial charge in [0.25, 0.3) is 0 Å². The largest absolute Gasteiger partial charge is 0.261 e. The minimum Gasteiger partial charge on any atom is -0.261 e. The topological polar surface area (TPSA) is 41.6 Å². The van der Waals surface area contributed by atoms with Gasteiger partial charge >= 0.3 is 0 Å². The van der Waals surface area contributed by atoms with Crippen LogP contribution in [0, 0.1) is 6.92 Å². The molecule has 2 aromatic heterocycles. The van der Waals surface area contributed by atoms with E-state index in [4.69, 9.17) is 0 Å². The van der Waals surface area contributed by atoms with Gasteiger partial charge in [0.1, 0.15) is 0 Å². The summed E-state index contributed by atoms with van der Waals surface area (Å²) >= 11 is 0. The van der Waals surface area contributed by atoms with Crippen molar-refractivity contribution >= 4 is 11.0 Å². The number of nitrogens with one attached hydrogen (secondary N) is 1. The molecule has 0 aliphatic rings. The summed E-state index contributed by atoms with van der Waals surface area (Å²) in [4.78, 5) is 4.36. The van der Waals surface area contributed by atoms with E-state index in [0.717, 1.165) is 16.7 Å². The lowest BCUT2D eigenvalue weighted by Crippen LogP contribution is -1.92. The Bertz CT molecular complexity index is 429. The quantitative estimate of drug-likeness (QED) is 0.723. The Balaban J connectivity index is 2.77. The zero-order valence-corrected chi connectivity index (χ0v) is 8.13. The summed E-state index contributed by atoms with van der Waals surface area (Å²) in [6, 6.07) is 2.13. The molecule has 0 amide bonds. The highest BCUT2D eigenvalue weighted by molar-refractivity contribution is 5.78. The number of fused-ring (bicyclic) bond motifs is 1. The number of rotatable bonds is 1. The third-order valence-electron chi connectivity index (χ3n) is 2.20. The second kappa shape index (κ2) is 2.83. The first-order valence-corrected chi connectivity index (χ1v) is 4.49. The highest BCUT2D eigenvalue weighted by Crippen LogP contribution is 2.23. The molecule has 0 fully saturated rings. The normalized spacial score (nSPS) is 11.4. The molecule has 13 heavy (non-hydrogen) atoms. The molecule has 2 aromatic rings. The molecular weight excluding hydrogens is 162 g/mol. The molecule has 3 heteroatoms. The van der Waals surface area contributed by atoms with Crippen molar-refractivity contribution in [2.24, 2.45) is 0 Å². The van der Waals surface area contributed by atoms with Gasteiger partial charge in [0.05, 0.1) is 6.20 Å². The standard InChI is InChI=1S/C10H13N3/c1-6(2)8-4-7(3)12-10-9(8)5-11-13-10/h4-6H,1-3H3,(H,11,12,13). The lowest BCUT2D eigenvalue weighted by molar-refractivity contribution is 0.871. The highest BCUT2D eigenvalue weighted by Gasteiger charge is 2.08. The van der Waals surface area contributed by atoms with Crippen LogP contribution in [0.15, 0.2) is 12.3 Å². The van der Waals surface area contributed by atoms with Crippen LogP contribution in [0.3, 0.4) is 0 Å². The number of aryl methyl sites for hydroxylation is 1. The number of aromatic nitrogens is 3. The lowest BCUT2D eigenvalue weighted by Gasteiger charge is -2.06. The van der Waals surface area contributed by atoms with Crippen molar-refractivity contribution in [3.05, 3.63) is 23.5 Å². The number of H-pyrrole nitrogens is 1. The lowest BCUT2D eigenvalue weighted by atomic mass is 10.0. The zero-order chi connectivity index (χ0) is 9.42. The van der Waals surface area contributed by atoms with Gasteiger partial charge in [-0.1, -0.05) is 13.8 Å². The molecule has 0 saturated heterocycles. The minimum absolute atomic E-state index is 0.516. The fourth-order valence-electron chi connectivity index (χ4n) is 1.56.